The summed E-state index contributed by atoms with van der Waals surface area (Å²) in [7, 11) is 1.22. The van der Waals surface area contributed by atoms with Gasteiger partial charge in [-0.25, -0.2) is 9.69 Å². The minimum absolute atomic E-state index is 0.0340. The van der Waals surface area contributed by atoms with Crippen LogP contribution in [0.25, 0.3) is 0 Å². The average molecular weight is 528 g/mol. The molecule has 2 aliphatic rings. The molecular weight excluding hydrogens is 502 g/mol. The first kappa shape index (κ1) is 25.5. The van der Waals surface area contributed by atoms with Gasteiger partial charge in [-0.2, -0.15) is 0 Å². The van der Waals surface area contributed by atoms with Crippen LogP contribution in [0.4, 0.5) is 4.79 Å². The lowest BCUT2D eigenvalue weighted by Gasteiger charge is -2.38. The Balaban J connectivity index is 1.78. The molecule has 4 atom stereocenters. The first-order chi connectivity index (χ1) is 15.8. The number of halogens is 1. The SMILES string of the molecule is CO[C@@H](C(=O)N1C(=O)OC[C@H]1c1ccccc1)[C@H]1O[C@@](O)(CCCOCCO)C(Br)=CC1=O. The molecule has 0 unspecified atom stereocenters. The highest BCUT2D eigenvalue weighted by Gasteiger charge is 2.50. The number of aliphatic hydroxyl groups excluding tert-OH is 1. The summed E-state index contributed by atoms with van der Waals surface area (Å²) in [6, 6.07) is 8.18. The van der Waals surface area contributed by atoms with Crippen molar-refractivity contribution in [2.75, 3.05) is 33.5 Å². The van der Waals surface area contributed by atoms with Gasteiger partial charge < -0.3 is 29.2 Å². The third kappa shape index (κ3) is 5.68. The summed E-state index contributed by atoms with van der Waals surface area (Å²) >= 11 is 3.16. The first-order valence-corrected chi connectivity index (χ1v) is 11.2. The van der Waals surface area contributed by atoms with Crippen LogP contribution in [0.15, 0.2) is 40.9 Å². The van der Waals surface area contributed by atoms with Crippen molar-refractivity contribution >= 4 is 33.7 Å². The van der Waals surface area contributed by atoms with Gasteiger partial charge in [-0.1, -0.05) is 30.3 Å². The molecule has 1 saturated heterocycles. The molecule has 11 heteroatoms. The van der Waals surface area contributed by atoms with Crippen LogP contribution in [0.2, 0.25) is 0 Å². The number of cyclic esters (lactones) is 1. The van der Waals surface area contributed by atoms with Gasteiger partial charge in [0, 0.05) is 20.1 Å². The van der Waals surface area contributed by atoms with Gasteiger partial charge in [0.15, 0.2) is 23.8 Å². The Kier molecular flexibility index (Phi) is 8.74. The fourth-order valence-electron chi connectivity index (χ4n) is 3.69. The Bertz CT molecular complexity index is 893. The van der Waals surface area contributed by atoms with Crippen LogP contribution in [-0.4, -0.2) is 84.4 Å². The molecule has 1 aromatic rings. The largest absolute Gasteiger partial charge is 0.446 e. The number of nitrogens with zero attached hydrogens (tertiary/aromatic N) is 1. The highest BCUT2D eigenvalue weighted by Crippen LogP contribution is 2.37. The molecular formula is C22H26BrNO9. The minimum Gasteiger partial charge on any atom is -0.446 e. The Hall–Kier alpha value is -2.15. The van der Waals surface area contributed by atoms with Crippen molar-refractivity contribution in [3.05, 3.63) is 46.5 Å². The van der Waals surface area contributed by atoms with E-state index >= 15 is 0 Å². The quantitative estimate of drug-likeness (QED) is 0.433. The molecule has 2 N–H and O–H groups in total. The first-order valence-electron chi connectivity index (χ1n) is 10.4. The van der Waals surface area contributed by atoms with Gasteiger partial charge in [-0.15, -0.1) is 0 Å². The number of hydrogen-bond donors (Lipinski definition) is 2. The van der Waals surface area contributed by atoms with Gasteiger partial charge in [0.05, 0.1) is 17.7 Å². The summed E-state index contributed by atoms with van der Waals surface area (Å²) in [5.74, 6) is -3.32. The molecule has 0 radical (unpaired) electrons. The van der Waals surface area contributed by atoms with Crippen LogP contribution in [0, 0.1) is 0 Å². The number of imide groups is 1. The molecule has 1 fully saturated rings. The molecule has 0 bridgehead atoms. The lowest BCUT2D eigenvalue weighted by atomic mass is 9.99. The number of ketones is 1. The van der Waals surface area contributed by atoms with Gasteiger partial charge in [0.25, 0.3) is 5.91 Å². The number of carbonyl (C=O) groups excluding carboxylic acids is 3. The molecule has 3 rings (SSSR count). The van der Waals surface area contributed by atoms with Crippen LogP contribution < -0.4 is 0 Å². The molecule has 0 aliphatic carbocycles. The Morgan fingerprint density at radius 2 is 2.03 bits per heavy atom. The van der Waals surface area contributed by atoms with Gasteiger partial charge >= 0.3 is 6.09 Å². The predicted molar refractivity (Wildman–Crippen MR) is 117 cm³/mol. The van der Waals surface area contributed by atoms with Crippen LogP contribution in [0.5, 0.6) is 0 Å². The minimum atomic E-state index is -1.90. The predicted octanol–water partition coefficient (Wildman–Crippen LogP) is 1.45. The van der Waals surface area contributed by atoms with Crippen LogP contribution in [-0.2, 0) is 28.5 Å². The topological polar surface area (TPSA) is 132 Å². The zero-order chi connectivity index (χ0) is 24.0. The third-order valence-corrected chi connectivity index (χ3v) is 6.20. The lowest BCUT2D eigenvalue weighted by Crippen LogP contribution is -2.55. The zero-order valence-electron chi connectivity index (χ0n) is 18.0. The molecule has 0 spiro atoms. The molecule has 0 aromatic heterocycles. The average Bonchev–Trinajstić information content (AvgIpc) is 3.19. The van der Waals surface area contributed by atoms with Crippen LogP contribution >= 0.6 is 15.9 Å². The molecule has 10 nitrogen and oxygen atoms in total. The van der Waals surface area contributed by atoms with Crippen molar-refractivity contribution in [2.24, 2.45) is 0 Å². The Morgan fingerprint density at radius 1 is 1.30 bits per heavy atom. The van der Waals surface area contributed by atoms with Gasteiger partial charge in [-0.3, -0.25) is 9.59 Å². The molecule has 180 valence electrons. The van der Waals surface area contributed by atoms with Crippen molar-refractivity contribution < 1.29 is 43.5 Å². The van der Waals surface area contributed by atoms with Crippen LogP contribution in [0.3, 0.4) is 0 Å². The number of aliphatic hydroxyl groups is 2. The van der Waals surface area contributed by atoms with Crippen molar-refractivity contribution in [3.63, 3.8) is 0 Å². The van der Waals surface area contributed by atoms with E-state index < -0.39 is 41.8 Å². The van der Waals surface area contributed by atoms with E-state index in [1.54, 1.807) is 30.3 Å². The summed E-state index contributed by atoms with van der Waals surface area (Å²) in [5, 5.41) is 19.8. The van der Waals surface area contributed by atoms with Crippen molar-refractivity contribution in [1.82, 2.24) is 4.90 Å². The molecule has 2 aliphatic heterocycles. The van der Waals surface area contributed by atoms with Gasteiger partial charge in [0.2, 0.25) is 0 Å². The van der Waals surface area contributed by atoms with E-state index in [4.69, 9.17) is 24.1 Å². The lowest BCUT2D eigenvalue weighted by molar-refractivity contribution is -0.227. The summed E-state index contributed by atoms with van der Waals surface area (Å²) < 4.78 is 21.4. The Morgan fingerprint density at radius 3 is 2.70 bits per heavy atom. The third-order valence-electron chi connectivity index (χ3n) is 5.35. The summed E-state index contributed by atoms with van der Waals surface area (Å²) in [6.07, 6.45) is -2.31. The number of amides is 2. The number of rotatable bonds is 10. The maximum Gasteiger partial charge on any atom is 0.417 e. The second kappa shape index (κ2) is 11.3. The van der Waals surface area contributed by atoms with E-state index in [0.717, 1.165) is 11.0 Å². The molecule has 1 aromatic carbocycles. The standard InChI is InChI=1S/C22H26BrNO9/c1-30-19(20(27)24-15(13-32-21(24)28)14-6-3-2-4-7-14)18-16(26)12-17(23)22(29,33-18)8-5-10-31-11-9-25/h2-4,6-7,12,15,18-19,25,29H,5,8-11,13H2,1H3/t15-,18-,19+,22-/m0/s1. The maximum absolute atomic E-state index is 13.4. The van der Waals surface area contributed by atoms with Crippen molar-refractivity contribution in [2.45, 2.75) is 36.9 Å². The van der Waals surface area contributed by atoms with E-state index in [9.17, 15) is 19.5 Å². The van der Waals surface area contributed by atoms with Gasteiger partial charge in [-0.05, 0) is 34.0 Å². The molecule has 2 amide bonds. The smallest absolute Gasteiger partial charge is 0.417 e. The monoisotopic (exact) mass is 527 g/mol. The second-order valence-electron chi connectivity index (χ2n) is 7.52. The Labute approximate surface area is 199 Å². The molecule has 2 heterocycles. The fourth-order valence-corrected chi connectivity index (χ4v) is 4.21. The number of methoxy groups -OCH3 is 1. The number of benzene rings is 1. The number of carbonyl (C=O) groups is 3. The van der Waals surface area contributed by atoms with E-state index in [-0.39, 0.29) is 37.3 Å². The highest BCUT2D eigenvalue weighted by molar-refractivity contribution is 9.11. The van der Waals surface area contributed by atoms with E-state index in [1.165, 1.54) is 7.11 Å². The normalized spacial score (nSPS) is 26.2. The summed E-state index contributed by atoms with van der Waals surface area (Å²) in [6.45, 7) is 0.248. The maximum atomic E-state index is 13.4. The molecule has 33 heavy (non-hydrogen) atoms. The zero-order valence-corrected chi connectivity index (χ0v) is 19.6. The van der Waals surface area contributed by atoms with E-state index in [2.05, 4.69) is 15.9 Å². The number of ether oxygens (including phenoxy) is 4. The summed E-state index contributed by atoms with van der Waals surface area (Å²) in [5.41, 5.74) is 0.685. The van der Waals surface area contributed by atoms with E-state index in [0.29, 0.717) is 12.0 Å². The molecule has 0 saturated carbocycles. The highest BCUT2D eigenvalue weighted by atomic mass is 79.9. The van der Waals surface area contributed by atoms with E-state index in [1.807, 2.05) is 0 Å². The van der Waals surface area contributed by atoms with Crippen molar-refractivity contribution in [1.29, 1.82) is 0 Å². The summed E-state index contributed by atoms with van der Waals surface area (Å²) in [4.78, 5) is 39.4. The van der Waals surface area contributed by atoms with Gasteiger partial charge in [0.1, 0.15) is 12.6 Å². The second-order valence-corrected chi connectivity index (χ2v) is 8.38. The van der Waals surface area contributed by atoms with Crippen LogP contribution in [0.1, 0.15) is 24.4 Å². The fraction of sp³-hybridized carbons (Fsp3) is 0.500. The van der Waals surface area contributed by atoms with Crippen molar-refractivity contribution in [3.8, 4) is 0 Å². The number of hydrogen-bond acceptors (Lipinski definition) is 9.